The van der Waals surface area contributed by atoms with Gasteiger partial charge in [-0.1, -0.05) is 33.6 Å². The van der Waals surface area contributed by atoms with E-state index in [-0.39, 0.29) is 0 Å². The number of guanidine groups is 1. The highest BCUT2D eigenvalue weighted by atomic mass is 15.3. The van der Waals surface area contributed by atoms with E-state index in [1.807, 2.05) is 0 Å². The van der Waals surface area contributed by atoms with E-state index in [9.17, 15) is 0 Å². The van der Waals surface area contributed by atoms with Crippen LogP contribution in [0.15, 0.2) is 4.99 Å². The molecule has 0 aromatic heterocycles. The molecule has 100 valence electrons. The Balaban J connectivity index is 2.25. The van der Waals surface area contributed by atoms with Crippen molar-refractivity contribution in [3.63, 3.8) is 0 Å². The molecule has 4 heteroatoms. The van der Waals surface area contributed by atoms with Crippen LogP contribution in [0.1, 0.15) is 46.5 Å². The van der Waals surface area contributed by atoms with Gasteiger partial charge in [-0.2, -0.15) is 0 Å². The minimum absolute atomic E-state index is 0.565. The van der Waals surface area contributed by atoms with Crippen molar-refractivity contribution in [2.45, 2.75) is 46.5 Å². The van der Waals surface area contributed by atoms with E-state index in [2.05, 4.69) is 36.5 Å². The Kier molecular flexibility index (Phi) is 6.34. The molecule has 0 aromatic carbocycles. The molecule has 0 saturated heterocycles. The zero-order valence-corrected chi connectivity index (χ0v) is 11.5. The van der Waals surface area contributed by atoms with E-state index >= 15 is 0 Å². The number of hydrogen-bond donors (Lipinski definition) is 3. The van der Waals surface area contributed by atoms with Gasteiger partial charge in [0.1, 0.15) is 0 Å². The van der Waals surface area contributed by atoms with Crippen LogP contribution < -0.4 is 16.6 Å². The monoisotopic (exact) mass is 240 g/mol. The summed E-state index contributed by atoms with van der Waals surface area (Å²) in [6.07, 6.45) is 5.38. The molecule has 1 saturated carbocycles. The van der Waals surface area contributed by atoms with Crippen LogP contribution >= 0.6 is 0 Å². The Hall–Kier alpha value is -0.770. The molecule has 0 unspecified atom stereocenters. The summed E-state index contributed by atoms with van der Waals surface area (Å²) in [6.45, 7) is 8.46. The maximum absolute atomic E-state index is 5.45. The number of hydrazine groups is 1. The zero-order valence-electron chi connectivity index (χ0n) is 11.5. The van der Waals surface area contributed by atoms with Gasteiger partial charge in [0, 0.05) is 13.1 Å². The second kappa shape index (κ2) is 7.54. The standard InChI is InChI=1S/C13H28N4/c1-10(2)8-15-13(17-14)16-9-12-6-4-11(3)5-7-12/h10-12H,4-9,14H2,1-3H3,(H2,15,16,17). The van der Waals surface area contributed by atoms with E-state index in [4.69, 9.17) is 5.84 Å². The van der Waals surface area contributed by atoms with Crippen molar-refractivity contribution in [1.29, 1.82) is 0 Å². The fourth-order valence-electron chi connectivity index (χ4n) is 2.20. The summed E-state index contributed by atoms with van der Waals surface area (Å²) >= 11 is 0. The Morgan fingerprint density at radius 2 is 1.94 bits per heavy atom. The fourth-order valence-corrected chi connectivity index (χ4v) is 2.20. The second-order valence-electron chi connectivity index (χ2n) is 5.73. The molecular formula is C13H28N4. The Morgan fingerprint density at radius 3 is 2.47 bits per heavy atom. The van der Waals surface area contributed by atoms with Gasteiger partial charge in [0.05, 0.1) is 0 Å². The molecule has 17 heavy (non-hydrogen) atoms. The van der Waals surface area contributed by atoms with Crippen LogP contribution in [0.5, 0.6) is 0 Å². The normalized spacial score (nSPS) is 26.1. The van der Waals surface area contributed by atoms with Crippen LogP contribution in [0, 0.1) is 17.8 Å². The molecule has 1 rings (SSSR count). The second-order valence-corrected chi connectivity index (χ2v) is 5.73. The highest BCUT2D eigenvalue weighted by Crippen LogP contribution is 2.27. The van der Waals surface area contributed by atoms with Gasteiger partial charge in [-0.05, 0) is 30.6 Å². The molecule has 1 aliphatic rings. The third kappa shape index (κ3) is 5.91. The van der Waals surface area contributed by atoms with Gasteiger partial charge in [0.2, 0.25) is 5.96 Å². The Labute approximate surface area is 105 Å². The van der Waals surface area contributed by atoms with Crippen molar-refractivity contribution < 1.29 is 0 Å². The first-order valence-corrected chi connectivity index (χ1v) is 6.86. The quantitative estimate of drug-likeness (QED) is 0.304. The lowest BCUT2D eigenvalue weighted by Crippen LogP contribution is -2.44. The molecule has 1 fully saturated rings. The van der Waals surface area contributed by atoms with Crippen molar-refractivity contribution in [1.82, 2.24) is 10.7 Å². The summed E-state index contributed by atoms with van der Waals surface area (Å²) in [5, 5.41) is 3.32. The minimum Gasteiger partial charge on any atom is -0.355 e. The Morgan fingerprint density at radius 1 is 1.29 bits per heavy atom. The van der Waals surface area contributed by atoms with Crippen molar-refractivity contribution in [2.24, 2.45) is 28.6 Å². The smallest absolute Gasteiger partial charge is 0.205 e. The molecular weight excluding hydrogens is 212 g/mol. The van der Waals surface area contributed by atoms with Crippen LogP contribution in [0.4, 0.5) is 0 Å². The highest BCUT2D eigenvalue weighted by molar-refractivity contribution is 5.79. The first-order chi connectivity index (χ1) is 8.11. The van der Waals surface area contributed by atoms with Crippen LogP contribution in [0.25, 0.3) is 0 Å². The SMILES string of the molecule is CC(C)CN=C(NN)NCC1CCC(C)CC1. The van der Waals surface area contributed by atoms with Crippen molar-refractivity contribution in [3.8, 4) is 0 Å². The maximum atomic E-state index is 5.45. The number of nitrogens with one attached hydrogen (secondary N) is 2. The van der Waals surface area contributed by atoms with Crippen molar-refractivity contribution >= 4 is 5.96 Å². The molecule has 1 aliphatic carbocycles. The van der Waals surface area contributed by atoms with Gasteiger partial charge in [0.15, 0.2) is 0 Å². The van der Waals surface area contributed by atoms with Gasteiger partial charge in [-0.3, -0.25) is 10.4 Å². The van der Waals surface area contributed by atoms with E-state index < -0.39 is 0 Å². The molecule has 0 bridgehead atoms. The summed E-state index contributed by atoms with van der Waals surface area (Å²) in [7, 11) is 0. The molecule has 0 aromatic rings. The van der Waals surface area contributed by atoms with Crippen molar-refractivity contribution in [3.05, 3.63) is 0 Å². The molecule has 0 atom stereocenters. The van der Waals surface area contributed by atoms with Crippen molar-refractivity contribution in [2.75, 3.05) is 13.1 Å². The van der Waals surface area contributed by atoms with Crippen LogP contribution in [-0.4, -0.2) is 19.0 Å². The summed E-state index contributed by atoms with van der Waals surface area (Å²) < 4.78 is 0. The molecule has 4 nitrogen and oxygen atoms in total. The minimum atomic E-state index is 0.565. The lowest BCUT2D eigenvalue weighted by atomic mass is 9.83. The van der Waals surface area contributed by atoms with Gasteiger partial charge in [0.25, 0.3) is 0 Å². The van der Waals surface area contributed by atoms with E-state index in [0.29, 0.717) is 5.92 Å². The molecule has 0 radical (unpaired) electrons. The number of hydrogen-bond acceptors (Lipinski definition) is 2. The summed E-state index contributed by atoms with van der Waals surface area (Å²) in [5.74, 6) is 8.44. The predicted molar refractivity (Wildman–Crippen MR) is 73.6 cm³/mol. The topological polar surface area (TPSA) is 62.4 Å². The number of rotatable bonds is 4. The summed E-state index contributed by atoms with van der Waals surface area (Å²) in [4.78, 5) is 4.41. The molecule has 0 aliphatic heterocycles. The first kappa shape index (κ1) is 14.3. The third-order valence-electron chi connectivity index (χ3n) is 3.44. The van der Waals surface area contributed by atoms with E-state index in [1.54, 1.807) is 0 Å². The average molecular weight is 240 g/mol. The van der Waals surface area contributed by atoms with Gasteiger partial charge in [-0.25, -0.2) is 5.84 Å². The van der Waals surface area contributed by atoms with Gasteiger partial charge in [-0.15, -0.1) is 0 Å². The number of nitrogens with two attached hydrogens (primary N) is 1. The molecule has 4 N–H and O–H groups in total. The highest BCUT2D eigenvalue weighted by Gasteiger charge is 2.18. The Bertz CT molecular complexity index is 230. The van der Waals surface area contributed by atoms with Crippen LogP contribution in [0.3, 0.4) is 0 Å². The first-order valence-electron chi connectivity index (χ1n) is 6.86. The fraction of sp³-hybridized carbons (Fsp3) is 0.923. The summed E-state index contributed by atoms with van der Waals surface area (Å²) in [5.41, 5.74) is 2.64. The van der Waals surface area contributed by atoms with E-state index in [1.165, 1.54) is 25.7 Å². The predicted octanol–water partition coefficient (Wildman–Crippen LogP) is 1.88. The number of nitrogens with zero attached hydrogens (tertiary/aromatic N) is 1. The molecule has 0 spiro atoms. The van der Waals surface area contributed by atoms with Gasteiger partial charge < -0.3 is 5.32 Å². The zero-order chi connectivity index (χ0) is 12.7. The largest absolute Gasteiger partial charge is 0.355 e. The molecule has 0 amide bonds. The van der Waals surface area contributed by atoms with E-state index in [0.717, 1.165) is 30.9 Å². The molecule has 0 heterocycles. The van der Waals surface area contributed by atoms with Crippen LogP contribution in [0.2, 0.25) is 0 Å². The maximum Gasteiger partial charge on any atom is 0.205 e. The summed E-state index contributed by atoms with van der Waals surface area (Å²) in [6, 6.07) is 0. The number of aliphatic imine (C=N–C) groups is 1. The third-order valence-corrected chi connectivity index (χ3v) is 3.44. The van der Waals surface area contributed by atoms with Crippen LogP contribution in [-0.2, 0) is 0 Å². The lowest BCUT2D eigenvalue weighted by molar-refractivity contribution is 0.289. The average Bonchev–Trinajstić information content (AvgIpc) is 2.31. The van der Waals surface area contributed by atoms with Gasteiger partial charge >= 0.3 is 0 Å². The lowest BCUT2D eigenvalue weighted by Gasteiger charge is -2.26.